The summed E-state index contributed by atoms with van der Waals surface area (Å²) >= 11 is 0. The first kappa shape index (κ1) is 13.3. The number of hydrogen-bond acceptors (Lipinski definition) is 3. The SMILES string of the molecule is CC[C@@H]1CN(C(=O)OC(C)(C)C)CCCN1. The molecule has 1 atom stereocenters. The van der Waals surface area contributed by atoms with E-state index in [1.54, 1.807) is 0 Å². The minimum absolute atomic E-state index is 0.186. The summed E-state index contributed by atoms with van der Waals surface area (Å²) in [5, 5.41) is 3.43. The molecule has 0 aromatic rings. The lowest BCUT2D eigenvalue weighted by atomic mass is 10.2. The Labute approximate surface area is 98.3 Å². The molecule has 0 aromatic carbocycles. The topological polar surface area (TPSA) is 41.6 Å². The highest BCUT2D eigenvalue weighted by atomic mass is 16.6. The molecule has 1 saturated heterocycles. The van der Waals surface area contributed by atoms with Gasteiger partial charge in [-0.05, 0) is 40.2 Å². The summed E-state index contributed by atoms with van der Waals surface area (Å²) in [6.45, 7) is 10.4. The molecule has 1 aliphatic heterocycles. The van der Waals surface area contributed by atoms with Crippen LogP contribution in [0.4, 0.5) is 4.79 Å². The fourth-order valence-corrected chi connectivity index (χ4v) is 1.76. The lowest BCUT2D eigenvalue weighted by molar-refractivity contribution is 0.0247. The molecule has 4 heteroatoms. The van der Waals surface area contributed by atoms with Crippen molar-refractivity contribution < 1.29 is 9.53 Å². The van der Waals surface area contributed by atoms with Gasteiger partial charge in [0.05, 0.1) is 0 Å². The van der Waals surface area contributed by atoms with Gasteiger partial charge in [-0.2, -0.15) is 0 Å². The van der Waals surface area contributed by atoms with Gasteiger partial charge in [0.25, 0.3) is 0 Å². The fourth-order valence-electron chi connectivity index (χ4n) is 1.76. The number of rotatable bonds is 1. The molecule has 1 rings (SSSR count). The van der Waals surface area contributed by atoms with E-state index < -0.39 is 5.60 Å². The smallest absolute Gasteiger partial charge is 0.410 e. The number of amides is 1. The van der Waals surface area contributed by atoms with Gasteiger partial charge in [-0.3, -0.25) is 0 Å². The summed E-state index contributed by atoms with van der Waals surface area (Å²) in [7, 11) is 0. The number of nitrogens with one attached hydrogen (secondary N) is 1. The number of hydrogen-bond donors (Lipinski definition) is 1. The molecule has 94 valence electrons. The number of carbonyl (C=O) groups excluding carboxylic acids is 1. The van der Waals surface area contributed by atoms with E-state index in [0.717, 1.165) is 32.5 Å². The molecular formula is C12H24N2O2. The molecule has 0 aliphatic carbocycles. The van der Waals surface area contributed by atoms with Crippen LogP contribution in [0.2, 0.25) is 0 Å². The van der Waals surface area contributed by atoms with E-state index in [-0.39, 0.29) is 6.09 Å². The normalized spacial score (nSPS) is 22.8. The highest BCUT2D eigenvalue weighted by molar-refractivity contribution is 5.68. The van der Waals surface area contributed by atoms with Crippen molar-refractivity contribution in [1.29, 1.82) is 0 Å². The average Bonchev–Trinajstić information content (AvgIpc) is 2.39. The van der Waals surface area contributed by atoms with Gasteiger partial charge in [0.1, 0.15) is 5.60 Å². The second kappa shape index (κ2) is 5.53. The Balaban J connectivity index is 2.53. The highest BCUT2D eigenvalue weighted by Gasteiger charge is 2.25. The molecule has 1 amide bonds. The zero-order valence-corrected chi connectivity index (χ0v) is 10.9. The Kier molecular flexibility index (Phi) is 4.59. The van der Waals surface area contributed by atoms with E-state index in [9.17, 15) is 4.79 Å². The van der Waals surface area contributed by atoms with Gasteiger partial charge in [-0.1, -0.05) is 6.92 Å². The molecule has 0 radical (unpaired) electrons. The molecule has 1 N–H and O–H groups in total. The van der Waals surface area contributed by atoms with Crippen LogP contribution >= 0.6 is 0 Å². The van der Waals surface area contributed by atoms with Crippen LogP contribution in [-0.4, -0.2) is 42.3 Å². The van der Waals surface area contributed by atoms with Crippen LogP contribution in [0, 0.1) is 0 Å². The van der Waals surface area contributed by atoms with Crippen LogP contribution in [0.3, 0.4) is 0 Å². The molecule has 4 nitrogen and oxygen atoms in total. The maximum Gasteiger partial charge on any atom is 0.410 e. The Hall–Kier alpha value is -0.770. The Bertz CT molecular complexity index is 236. The number of carbonyl (C=O) groups is 1. The van der Waals surface area contributed by atoms with Crippen molar-refractivity contribution in [3.8, 4) is 0 Å². The molecule has 0 unspecified atom stereocenters. The summed E-state index contributed by atoms with van der Waals surface area (Å²) in [5.41, 5.74) is -0.404. The monoisotopic (exact) mass is 228 g/mol. The maximum atomic E-state index is 11.9. The van der Waals surface area contributed by atoms with Crippen LogP contribution in [0.5, 0.6) is 0 Å². The summed E-state index contributed by atoms with van der Waals surface area (Å²) < 4.78 is 5.38. The zero-order chi connectivity index (χ0) is 12.2. The average molecular weight is 228 g/mol. The van der Waals surface area contributed by atoms with Crippen molar-refractivity contribution >= 4 is 6.09 Å². The van der Waals surface area contributed by atoms with Crippen LogP contribution in [0.25, 0.3) is 0 Å². The van der Waals surface area contributed by atoms with Gasteiger partial charge in [0.2, 0.25) is 0 Å². The molecule has 0 spiro atoms. The quantitative estimate of drug-likeness (QED) is 0.746. The lowest BCUT2D eigenvalue weighted by Crippen LogP contribution is -2.42. The molecule has 16 heavy (non-hydrogen) atoms. The van der Waals surface area contributed by atoms with Gasteiger partial charge in [0.15, 0.2) is 0 Å². The van der Waals surface area contributed by atoms with Gasteiger partial charge < -0.3 is 15.0 Å². The second-order valence-corrected chi connectivity index (χ2v) is 5.34. The van der Waals surface area contributed by atoms with Gasteiger partial charge >= 0.3 is 6.09 Å². The minimum Gasteiger partial charge on any atom is -0.444 e. The van der Waals surface area contributed by atoms with Crippen molar-refractivity contribution in [3.63, 3.8) is 0 Å². The van der Waals surface area contributed by atoms with E-state index in [1.807, 2.05) is 25.7 Å². The highest BCUT2D eigenvalue weighted by Crippen LogP contribution is 2.12. The Morgan fingerprint density at radius 2 is 2.19 bits per heavy atom. The van der Waals surface area contributed by atoms with Crippen LogP contribution in [-0.2, 0) is 4.74 Å². The van der Waals surface area contributed by atoms with E-state index in [2.05, 4.69) is 12.2 Å². The number of ether oxygens (including phenoxy) is 1. The third-order valence-corrected chi connectivity index (χ3v) is 2.62. The van der Waals surface area contributed by atoms with Crippen molar-refractivity contribution in [2.75, 3.05) is 19.6 Å². The predicted octanol–water partition coefficient (Wildman–Crippen LogP) is 2.00. The minimum atomic E-state index is -0.404. The van der Waals surface area contributed by atoms with Crippen molar-refractivity contribution in [3.05, 3.63) is 0 Å². The molecule has 0 saturated carbocycles. The molecule has 1 aliphatic rings. The first-order valence-electron chi connectivity index (χ1n) is 6.13. The van der Waals surface area contributed by atoms with E-state index >= 15 is 0 Å². The first-order chi connectivity index (χ1) is 7.42. The zero-order valence-electron chi connectivity index (χ0n) is 10.9. The van der Waals surface area contributed by atoms with E-state index in [0.29, 0.717) is 6.04 Å². The van der Waals surface area contributed by atoms with Gasteiger partial charge in [-0.15, -0.1) is 0 Å². The van der Waals surface area contributed by atoms with Crippen molar-refractivity contribution in [1.82, 2.24) is 10.2 Å². The standard InChI is InChI=1S/C12H24N2O2/c1-5-10-9-14(8-6-7-13-10)11(15)16-12(2,3)4/h10,13H,5-9H2,1-4H3/t10-/m1/s1. The number of nitrogens with zero attached hydrogens (tertiary/aromatic N) is 1. The van der Waals surface area contributed by atoms with Gasteiger partial charge in [0, 0.05) is 19.1 Å². The third kappa shape index (κ3) is 4.39. The summed E-state index contributed by atoms with van der Waals surface area (Å²) in [4.78, 5) is 13.7. The maximum absolute atomic E-state index is 11.9. The summed E-state index contributed by atoms with van der Waals surface area (Å²) in [6, 6.07) is 0.398. The molecule has 0 aromatic heterocycles. The lowest BCUT2D eigenvalue weighted by Gasteiger charge is -2.28. The third-order valence-electron chi connectivity index (χ3n) is 2.62. The van der Waals surface area contributed by atoms with Crippen molar-refractivity contribution in [2.45, 2.75) is 52.2 Å². The molecular weight excluding hydrogens is 204 g/mol. The largest absolute Gasteiger partial charge is 0.444 e. The summed E-state index contributed by atoms with van der Waals surface area (Å²) in [5.74, 6) is 0. The Morgan fingerprint density at radius 1 is 1.50 bits per heavy atom. The van der Waals surface area contributed by atoms with E-state index in [1.165, 1.54) is 0 Å². The summed E-state index contributed by atoms with van der Waals surface area (Å²) in [6.07, 6.45) is 1.85. The van der Waals surface area contributed by atoms with Crippen LogP contribution in [0.15, 0.2) is 0 Å². The Morgan fingerprint density at radius 3 is 2.75 bits per heavy atom. The van der Waals surface area contributed by atoms with Crippen molar-refractivity contribution in [2.24, 2.45) is 0 Å². The van der Waals surface area contributed by atoms with Gasteiger partial charge in [-0.25, -0.2) is 4.79 Å². The molecule has 1 heterocycles. The fraction of sp³-hybridized carbons (Fsp3) is 0.917. The predicted molar refractivity (Wildman–Crippen MR) is 64.5 cm³/mol. The second-order valence-electron chi connectivity index (χ2n) is 5.34. The van der Waals surface area contributed by atoms with Crippen LogP contribution in [0.1, 0.15) is 40.5 Å². The molecule has 0 bridgehead atoms. The molecule has 1 fully saturated rings. The first-order valence-corrected chi connectivity index (χ1v) is 6.13. The van der Waals surface area contributed by atoms with E-state index in [4.69, 9.17) is 4.74 Å². The van der Waals surface area contributed by atoms with Crippen LogP contribution < -0.4 is 5.32 Å².